The minimum atomic E-state index is -1.10. The Hall–Kier alpha value is -2.14. The van der Waals surface area contributed by atoms with Crippen molar-refractivity contribution in [1.82, 2.24) is 9.97 Å². The van der Waals surface area contributed by atoms with Gasteiger partial charge in [0.2, 0.25) is 5.88 Å². The number of halogens is 1. The summed E-state index contributed by atoms with van der Waals surface area (Å²) < 4.78 is 5.44. The van der Waals surface area contributed by atoms with Crippen LogP contribution in [0.15, 0.2) is 30.5 Å². The molecule has 0 radical (unpaired) electrons. The van der Waals surface area contributed by atoms with Crippen molar-refractivity contribution in [2.24, 2.45) is 0 Å². The van der Waals surface area contributed by atoms with Crippen molar-refractivity contribution in [1.29, 1.82) is 0 Å². The van der Waals surface area contributed by atoms with E-state index in [1.807, 2.05) is 13.8 Å². The van der Waals surface area contributed by atoms with Crippen LogP contribution in [0.3, 0.4) is 0 Å². The standard InChI is InChI=1S/C14H13ClN2O3/c1-8(2)20-12-6-3-9(7-16-12)11-5-4-10(14(18)19)13(15)17-11/h3-8H,1-2H3,(H,18,19). The van der Waals surface area contributed by atoms with E-state index in [1.54, 1.807) is 24.4 Å². The van der Waals surface area contributed by atoms with Crippen LogP contribution < -0.4 is 4.74 Å². The van der Waals surface area contributed by atoms with Crippen LogP contribution in [-0.4, -0.2) is 27.1 Å². The quantitative estimate of drug-likeness (QED) is 0.876. The van der Waals surface area contributed by atoms with Crippen molar-refractivity contribution in [3.8, 4) is 17.1 Å². The van der Waals surface area contributed by atoms with Crippen LogP contribution in [0, 0.1) is 0 Å². The van der Waals surface area contributed by atoms with Crippen molar-refractivity contribution in [3.63, 3.8) is 0 Å². The average molecular weight is 293 g/mol. The molecule has 0 aliphatic carbocycles. The molecule has 0 aromatic carbocycles. The molecule has 5 nitrogen and oxygen atoms in total. The van der Waals surface area contributed by atoms with Gasteiger partial charge in [-0.3, -0.25) is 0 Å². The van der Waals surface area contributed by atoms with Gasteiger partial charge in [-0.05, 0) is 32.0 Å². The van der Waals surface area contributed by atoms with E-state index in [0.29, 0.717) is 11.6 Å². The Morgan fingerprint density at radius 2 is 2.05 bits per heavy atom. The second-order valence-corrected chi connectivity index (χ2v) is 4.75. The number of carboxylic acids is 1. The van der Waals surface area contributed by atoms with Crippen LogP contribution >= 0.6 is 11.6 Å². The SMILES string of the molecule is CC(C)Oc1ccc(-c2ccc(C(=O)O)c(Cl)n2)cn1. The van der Waals surface area contributed by atoms with Gasteiger partial charge in [-0.25, -0.2) is 14.8 Å². The molecule has 0 atom stereocenters. The lowest BCUT2D eigenvalue weighted by Gasteiger charge is -2.09. The van der Waals surface area contributed by atoms with Crippen LogP contribution in [0.2, 0.25) is 5.15 Å². The number of ether oxygens (including phenoxy) is 1. The predicted octanol–water partition coefficient (Wildman–Crippen LogP) is 3.28. The van der Waals surface area contributed by atoms with Crippen molar-refractivity contribution >= 4 is 17.6 Å². The van der Waals surface area contributed by atoms with Crippen LogP contribution in [0.5, 0.6) is 5.88 Å². The highest BCUT2D eigenvalue weighted by atomic mass is 35.5. The zero-order chi connectivity index (χ0) is 14.7. The lowest BCUT2D eigenvalue weighted by Crippen LogP contribution is -2.06. The second-order valence-electron chi connectivity index (χ2n) is 4.39. The molecule has 1 N–H and O–H groups in total. The summed E-state index contributed by atoms with van der Waals surface area (Å²) in [5, 5.41) is 8.85. The molecule has 0 saturated heterocycles. The molecule has 2 rings (SSSR count). The summed E-state index contributed by atoms with van der Waals surface area (Å²) in [7, 11) is 0. The molecule has 2 aromatic heterocycles. The van der Waals surface area contributed by atoms with E-state index < -0.39 is 5.97 Å². The number of rotatable bonds is 4. The molecule has 0 spiro atoms. The van der Waals surface area contributed by atoms with E-state index in [0.717, 1.165) is 5.56 Å². The highest BCUT2D eigenvalue weighted by Crippen LogP contribution is 2.22. The fraction of sp³-hybridized carbons (Fsp3) is 0.214. The van der Waals surface area contributed by atoms with Gasteiger partial charge in [0.25, 0.3) is 0 Å². The molecule has 0 unspecified atom stereocenters. The van der Waals surface area contributed by atoms with Crippen molar-refractivity contribution in [3.05, 3.63) is 41.2 Å². The zero-order valence-electron chi connectivity index (χ0n) is 11.0. The van der Waals surface area contributed by atoms with E-state index in [1.165, 1.54) is 6.07 Å². The summed E-state index contributed by atoms with van der Waals surface area (Å²) in [6.45, 7) is 3.84. The number of aromatic nitrogens is 2. The second kappa shape index (κ2) is 5.88. The Kier molecular flexibility index (Phi) is 4.20. The summed E-state index contributed by atoms with van der Waals surface area (Å²) >= 11 is 5.84. The van der Waals surface area contributed by atoms with E-state index in [2.05, 4.69) is 9.97 Å². The predicted molar refractivity (Wildman–Crippen MR) is 75.2 cm³/mol. The minimum Gasteiger partial charge on any atom is -0.478 e. The van der Waals surface area contributed by atoms with E-state index >= 15 is 0 Å². The first-order valence-corrected chi connectivity index (χ1v) is 6.38. The number of hydrogen-bond donors (Lipinski definition) is 1. The molecular formula is C14H13ClN2O3. The Morgan fingerprint density at radius 3 is 2.55 bits per heavy atom. The van der Waals surface area contributed by atoms with Crippen LogP contribution in [0.4, 0.5) is 0 Å². The molecular weight excluding hydrogens is 280 g/mol. The smallest absolute Gasteiger partial charge is 0.338 e. The molecule has 6 heteroatoms. The molecule has 0 fully saturated rings. The van der Waals surface area contributed by atoms with Crippen molar-refractivity contribution < 1.29 is 14.6 Å². The maximum Gasteiger partial charge on any atom is 0.338 e. The molecule has 2 heterocycles. The molecule has 0 aliphatic rings. The molecule has 0 amide bonds. The van der Waals surface area contributed by atoms with Gasteiger partial charge in [0, 0.05) is 17.8 Å². The average Bonchev–Trinajstić information content (AvgIpc) is 2.38. The largest absolute Gasteiger partial charge is 0.478 e. The normalized spacial score (nSPS) is 10.6. The highest BCUT2D eigenvalue weighted by molar-refractivity contribution is 6.32. The summed E-state index contributed by atoms with van der Waals surface area (Å²) in [6.07, 6.45) is 1.66. The third kappa shape index (κ3) is 3.24. The number of carbonyl (C=O) groups is 1. The van der Waals surface area contributed by atoms with Crippen molar-refractivity contribution in [2.45, 2.75) is 20.0 Å². The first kappa shape index (κ1) is 14.3. The number of hydrogen-bond acceptors (Lipinski definition) is 4. The number of aromatic carboxylic acids is 1. The molecule has 20 heavy (non-hydrogen) atoms. The minimum absolute atomic E-state index is 0.0249. The van der Waals surface area contributed by atoms with Crippen molar-refractivity contribution in [2.75, 3.05) is 0 Å². The number of pyridine rings is 2. The maximum absolute atomic E-state index is 10.9. The van der Waals surface area contributed by atoms with Gasteiger partial charge >= 0.3 is 5.97 Å². The summed E-state index contributed by atoms with van der Waals surface area (Å²) in [5.74, 6) is -0.579. The summed E-state index contributed by atoms with van der Waals surface area (Å²) in [4.78, 5) is 19.1. The zero-order valence-corrected chi connectivity index (χ0v) is 11.8. The number of nitrogens with zero attached hydrogens (tertiary/aromatic N) is 2. The molecule has 0 aliphatic heterocycles. The van der Waals surface area contributed by atoms with Gasteiger partial charge in [-0.1, -0.05) is 11.6 Å². The van der Waals surface area contributed by atoms with Gasteiger partial charge in [0.05, 0.1) is 17.4 Å². The Balaban J connectivity index is 2.28. The van der Waals surface area contributed by atoms with Crippen LogP contribution in [0.1, 0.15) is 24.2 Å². The first-order valence-electron chi connectivity index (χ1n) is 6.00. The lowest BCUT2D eigenvalue weighted by molar-refractivity contribution is 0.0696. The Morgan fingerprint density at radius 1 is 1.30 bits per heavy atom. The first-order chi connectivity index (χ1) is 9.47. The van der Waals surface area contributed by atoms with Crippen LogP contribution in [0.25, 0.3) is 11.3 Å². The molecule has 104 valence electrons. The van der Waals surface area contributed by atoms with Gasteiger partial charge < -0.3 is 9.84 Å². The third-order valence-corrected chi connectivity index (χ3v) is 2.76. The Labute approximate surface area is 121 Å². The van der Waals surface area contributed by atoms with Gasteiger partial charge in [-0.15, -0.1) is 0 Å². The fourth-order valence-corrected chi connectivity index (χ4v) is 1.83. The van der Waals surface area contributed by atoms with Crippen LogP contribution in [-0.2, 0) is 0 Å². The third-order valence-electron chi connectivity index (χ3n) is 2.47. The van der Waals surface area contributed by atoms with Gasteiger partial charge in [-0.2, -0.15) is 0 Å². The molecule has 2 aromatic rings. The highest BCUT2D eigenvalue weighted by Gasteiger charge is 2.11. The Bertz CT molecular complexity index is 627. The monoisotopic (exact) mass is 292 g/mol. The topological polar surface area (TPSA) is 72.3 Å². The lowest BCUT2D eigenvalue weighted by atomic mass is 10.1. The van der Waals surface area contributed by atoms with E-state index in [-0.39, 0.29) is 16.8 Å². The van der Waals surface area contributed by atoms with E-state index in [9.17, 15) is 4.79 Å². The summed E-state index contributed by atoms with van der Waals surface area (Å²) in [5.41, 5.74) is 1.27. The maximum atomic E-state index is 10.9. The van der Waals surface area contributed by atoms with E-state index in [4.69, 9.17) is 21.4 Å². The van der Waals surface area contributed by atoms with Gasteiger partial charge in [0.1, 0.15) is 5.15 Å². The summed E-state index contributed by atoms with van der Waals surface area (Å²) in [6, 6.07) is 6.54. The van der Waals surface area contributed by atoms with Gasteiger partial charge in [0.15, 0.2) is 0 Å². The molecule has 0 bridgehead atoms. The number of carboxylic acid groups (broad SMARTS) is 1. The molecule has 0 saturated carbocycles. The fourth-order valence-electron chi connectivity index (χ4n) is 1.60.